The van der Waals surface area contributed by atoms with Crippen LogP contribution in [0.2, 0.25) is 0 Å². The van der Waals surface area contributed by atoms with Gasteiger partial charge < -0.3 is 10.6 Å². The van der Waals surface area contributed by atoms with Crippen LogP contribution in [0.3, 0.4) is 0 Å². The van der Waals surface area contributed by atoms with Gasteiger partial charge in [0.1, 0.15) is 0 Å². The first-order valence-corrected chi connectivity index (χ1v) is 10.2. The molecular formula is C18H23N3OS2. The SMILES string of the molecule is Cc1nc(CSc2ccc(C(=O)NCCC3CCNC3)cc2)cs1. The normalized spacial score (nSPS) is 17.1. The van der Waals surface area contributed by atoms with Crippen molar-refractivity contribution in [2.75, 3.05) is 19.6 Å². The molecule has 2 N–H and O–H groups in total. The van der Waals surface area contributed by atoms with Crippen LogP contribution in [0.4, 0.5) is 0 Å². The van der Waals surface area contributed by atoms with Crippen molar-refractivity contribution in [3.63, 3.8) is 0 Å². The van der Waals surface area contributed by atoms with E-state index in [4.69, 9.17) is 0 Å². The fourth-order valence-electron chi connectivity index (χ4n) is 2.79. The van der Waals surface area contributed by atoms with E-state index in [0.29, 0.717) is 5.92 Å². The summed E-state index contributed by atoms with van der Waals surface area (Å²) in [5.41, 5.74) is 1.85. The van der Waals surface area contributed by atoms with Crippen LogP contribution in [0.5, 0.6) is 0 Å². The van der Waals surface area contributed by atoms with Gasteiger partial charge in [0.05, 0.1) is 10.7 Å². The van der Waals surface area contributed by atoms with Crippen LogP contribution in [-0.4, -0.2) is 30.5 Å². The molecule has 0 aliphatic carbocycles. The van der Waals surface area contributed by atoms with Gasteiger partial charge in [-0.05, 0) is 63.0 Å². The summed E-state index contributed by atoms with van der Waals surface area (Å²) in [4.78, 5) is 17.8. The second-order valence-corrected chi connectivity index (χ2v) is 8.19. The number of rotatable bonds is 7. The predicted molar refractivity (Wildman–Crippen MR) is 101 cm³/mol. The van der Waals surface area contributed by atoms with E-state index in [0.717, 1.165) is 53.0 Å². The number of carbonyl (C=O) groups excluding carboxylic acids is 1. The lowest BCUT2D eigenvalue weighted by molar-refractivity contribution is 0.0951. The largest absolute Gasteiger partial charge is 0.352 e. The molecule has 24 heavy (non-hydrogen) atoms. The van der Waals surface area contributed by atoms with Crippen LogP contribution in [0, 0.1) is 12.8 Å². The Labute approximate surface area is 151 Å². The Balaban J connectivity index is 1.43. The Morgan fingerprint density at radius 3 is 2.92 bits per heavy atom. The van der Waals surface area contributed by atoms with E-state index < -0.39 is 0 Å². The van der Waals surface area contributed by atoms with Gasteiger partial charge in [-0.15, -0.1) is 23.1 Å². The van der Waals surface area contributed by atoms with Crippen LogP contribution >= 0.6 is 23.1 Å². The second kappa shape index (κ2) is 8.65. The van der Waals surface area contributed by atoms with Gasteiger partial charge in [-0.25, -0.2) is 4.98 Å². The number of benzene rings is 1. The van der Waals surface area contributed by atoms with Gasteiger partial charge in [0.2, 0.25) is 0 Å². The molecule has 2 aromatic rings. The molecule has 1 unspecified atom stereocenters. The van der Waals surface area contributed by atoms with Crippen molar-refractivity contribution >= 4 is 29.0 Å². The Morgan fingerprint density at radius 2 is 2.25 bits per heavy atom. The summed E-state index contributed by atoms with van der Waals surface area (Å²) in [6.07, 6.45) is 2.28. The third kappa shape index (κ3) is 5.06. The second-order valence-electron chi connectivity index (χ2n) is 6.07. The van der Waals surface area contributed by atoms with E-state index in [1.54, 1.807) is 23.1 Å². The zero-order chi connectivity index (χ0) is 16.8. The van der Waals surface area contributed by atoms with Crippen LogP contribution < -0.4 is 10.6 Å². The van der Waals surface area contributed by atoms with Gasteiger partial charge in [-0.3, -0.25) is 4.79 Å². The lowest BCUT2D eigenvalue weighted by Crippen LogP contribution is -2.26. The number of nitrogens with zero attached hydrogens (tertiary/aromatic N) is 1. The molecule has 0 spiro atoms. The molecule has 1 aromatic carbocycles. The smallest absolute Gasteiger partial charge is 0.251 e. The molecule has 3 rings (SSSR count). The maximum Gasteiger partial charge on any atom is 0.251 e. The van der Waals surface area contributed by atoms with Crippen LogP contribution in [0.25, 0.3) is 0 Å². The van der Waals surface area contributed by atoms with E-state index in [2.05, 4.69) is 21.0 Å². The van der Waals surface area contributed by atoms with Crippen molar-refractivity contribution in [3.05, 3.63) is 45.9 Å². The first-order valence-electron chi connectivity index (χ1n) is 8.33. The van der Waals surface area contributed by atoms with E-state index >= 15 is 0 Å². The fourth-order valence-corrected chi connectivity index (χ4v) is 4.30. The summed E-state index contributed by atoms with van der Waals surface area (Å²) in [6, 6.07) is 7.83. The molecule has 1 aromatic heterocycles. The van der Waals surface area contributed by atoms with Crippen molar-refractivity contribution < 1.29 is 4.79 Å². The molecule has 1 atom stereocenters. The Morgan fingerprint density at radius 1 is 1.42 bits per heavy atom. The fraction of sp³-hybridized carbons (Fsp3) is 0.444. The topological polar surface area (TPSA) is 54.0 Å². The van der Waals surface area contributed by atoms with Crippen LogP contribution in [0.15, 0.2) is 34.5 Å². The maximum absolute atomic E-state index is 12.2. The summed E-state index contributed by atoms with van der Waals surface area (Å²) in [7, 11) is 0. The zero-order valence-electron chi connectivity index (χ0n) is 13.9. The third-order valence-corrected chi connectivity index (χ3v) is 6.04. The monoisotopic (exact) mass is 361 g/mol. The van der Waals surface area contributed by atoms with Gasteiger partial charge in [-0.1, -0.05) is 0 Å². The van der Waals surface area contributed by atoms with E-state index in [9.17, 15) is 4.79 Å². The van der Waals surface area contributed by atoms with Crippen LogP contribution in [-0.2, 0) is 5.75 Å². The minimum Gasteiger partial charge on any atom is -0.352 e. The molecular weight excluding hydrogens is 338 g/mol. The molecule has 1 aliphatic heterocycles. The average Bonchev–Trinajstić information content (AvgIpc) is 3.25. The summed E-state index contributed by atoms with van der Waals surface area (Å²) in [6.45, 7) is 4.97. The molecule has 0 bridgehead atoms. The molecule has 128 valence electrons. The third-order valence-electron chi connectivity index (χ3n) is 4.17. The molecule has 2 heterocycles. The molecule has 1 amide bonds. The number of thiazole rings is 1. The average molecular weight is 362 g/mol. The van der Waals surface area contributed by atoms with Gasteiger partial charge in [0.15, 0.2) is 0 Å². The Hall–Kier alpha value is -1.37. The number of hydrogen-bond acceptors (Lipinski definition) is 5. The maximum atomic E-state index is 12.2. The number of thioether (sulfide) groups is 1. The minimum absolute atomic E-state index is 0.0210. The highest BCUT2D eigenvalue weighted by atomic mass is 32.2. The summed E-state index contributed by atoms with van der Waals surface area (Å²) in [5.74, 6) is 1.59. The standard InChI is InChI=1S/C18H23N3OS2/c1-13-21-16(11-23-13)12-24-17-4-2-15(3-5-17)18(22)20-9-7-14-6-8-19-10-14/h2-5,11,14,19H,6-10,12H2,1H3,(H,20,22). The van der Waals surface area contributed by atoms with Gasteiger partial charge in [0.25, 0.3) is 5.91 Å². The van der Waals surface area contributed by atoms with Gasteiger partial charge in [0, 0.05) is 28.1 Å². The summed E-state index contributed by atoms with van der Waals surface area (Å²) < 4.78 is 0. The van der Waals surface area contributed by atoms with Gasteiger partial charge >= 0.3 is 0 Å². The zero-order valence-corrected chi connectivity index (χ0v) is 15.5. The van der Waals surface area contributed by atoms with Crippen molar-refractivity contribution in [3.8, 4) is 0 Å². The van der Waals surface area contributed by atoms with Crippen LogP contribution in [0.1, 0.15) is 33.9 Å². The number of aryl methyl sites for hydroxylation is 1. The predicted octanol–water partition coefficient (Wildman–Crippen LogP) is 3.47. The molecule has 0 radical (unpaired) electrons. The summed E-state index contributed by atoms with van der Waals surface area (Å²) in [5, 5.41) is 9.58. The van der Waals surface area contributed by atoms with Crippen molar-refractivity contribution in [2.24, 2.45) is 5.92 Å². The lowest BCUT2D eigenvalue weighted by Gasteiger charge is -2.09. The highest BCUT2D eigenvalue weighted by molar-refractivity contribution is 7.98. The molecule has 1 saturated heterocycles. The molecule has 1 aliphatic rings. The van der Waals surface area contributed by atoms with Crippen molar-refractivity contribution in [1.82, 2.24) is 15.6 Å². The Kier molecular flexibility index (Phi) is 6.29. The number of hydrogen-bond donors (Lipinski definition) is 2. The highest BCUT2D eigenvalue weighted by Crippen LogP contribution is 2.23. The molecule has 1 fully saturated rings. The van der Waals surface area contributed by atoms with E-state index in [1.807, 2.05) is 31.2 Å². The number of carbonyl (C=O) groups is 1. The molecule has 4 nitrogen and oxygen atoms in total. The van der Waals surface area contributed by atoms with Gasteiger partial charge in [-0.2, -0.15) is 0 Å². The quantitative estimate of drug-likeness (QED) is 0.742. The summed E-state index contributed by atoms with van der Waals surface area (Å²) >= 11 is 3.43. The highest BCUT2D eigenvalue weighted by Gasteiger charge is 2.14. The first-order chi connectivity index (χ1) is 11.7. The number of aromatic nitrogens is 1. The van der Waals surface area contributed by atoms with Crippen molar-refractivity contribution in [1.29, 1.82) is 0 Å². The lowest BCUT2D eigenvalue weighted by atomic mass is 10.1. The van der Waals surface area contributed by atoms with E-state index in [-0.39, 0.29) is 5.91 Å². The number of amides is 1. The minimum atomic E-state index is 0.0210. The van der Waals surface area contributed by atoms with E-state index in [1.165, 1.54) is 6.42 Å². The van der Waals surface area contributed by atoms with Crippen molar-refractivity contribution in [2.45, 2.75) is 30.4 Å². The number of nitrogens with one attached hydrogen (secondary N) is 2. The molecule has 6 heteroatoms. The first kappa shape index (κ1) is 17.5. The Bertz CT molecular complexity index is 663. The molecule has 0 saturated carbocycles.